The van der Waals surface area contributed by atoms with Gasteiger partial charge < -0.3 is 4.74 Å². The van der Waals surface area contributed by atoms with Gasteiger partial charge in [-0.3, -0.25) is 4.98 Å². The lowest BCUT2D eigenvalue weighted by Gasteiger charge is -2.22. The van der Waals surface area contributed by atoms with E-state index in [1.54, 1.807) is 24.5 Å². The van der Waals surface area contributed by atoms with Gasteiger partial charge in [-0.25, -0.2) is 0 Å². The molecule has 1 N–H and O–H groups in total. The maximum atomic E-state index is 12.4. The number of hydrogen-bond donors (Lipinski definition) is 1. The van der Waals surface area contributed by atoms with Crippen LogP contribution < -0.4 is 9.46 Å². The number of nitrogens with one attached hydrogen (secondary N) is 1. The molecule has 0 aliphatic rings. The average Bonchev–Trinajstić information content (AvgIpc) is 2.72. The number of benzene rings is 2. The molecule has 0 bridgehead atoms. The molecule has 3 rings (SSSR count). The molecular weight excluding hydrogens is 374 g/mol. The first-order valence-electron chi connectivity index (χ1n) is 8.82. The maximum Gasteiger partial charge on any atom is 0.279 e. The molecule has 0 spiro atoms. The van der Waals surface area contributed by atoms with Crippen LogP contribution in [0.5, 0.6) is 5.75 Å². The van der Waals surface area contributed by atoms with Crippen LogP contribution in [0.25, 0.3) is 0 Å². The van der Waals surface area contributed by atoms with E-state index in [2.05, 4.69) is 9.71 Å². The number of hydrogen-bond acceptors (Lipinski definition) is 4. The van der Waals surface area contributed by atoms with Crippen molar-refractivity contribution in [2.45, 2.75) is 12.6 Å². The van der Waals surface area contributed by atoms with Gasteiger partial charge in [-0.05, 0) is 41.0 Å². The molecule has 1 atom stereocenters. The van der Waals surface area contributed by atoms with E-state index < -0.39 is 16.3 Å². The highest BCUT2D eigenvalue weighted by atomic mass is 32.2. The molecule has 6 nitrogen and oxygen atoms in total. The molecule has 0 radical (unpaired) electrons. The molecule has 1 heterocycles. The van der Waals surface area contributed by atoms with Gasteiger partial charge in [-0.2, -0.15) is 17.4 Å². The summed E-state index contributed by atoms with van der Waals surface area (Å²) in [5.41, 5.74) is 2.70. The van der Waals surface area contributed by atoms with Crippen LogP contribution in [-0.4, -0.2) is 31.8 Å². The fourth-order valence-electron chi connectivity index (χ4n) is 2.64. The van der Waals surface area contributed by atoms with E-state index in [-0.39, 0.29) is 0 Å². The lowest BCUT2D eigenvalue weighted by Crippen LogP contribution is -2.38. The number of rotatable bonds is 8. The Kier molecular flexibility index (Phi) is 6.41. The molecule has 2 aromatic carbocycles. The van der Waals surface area contributed by atoms with Crippen LogP contribution in [0.4, 0.5) is 0 Å². The van der Waals surface area contributed by atoms with E-state index in [0.29, 0.717) is 6.61 Å². The second-order valence-electron chi connectivity index (χ2n) is 6.46. The van der Waals surface area contributed by atoms with Gasteiger partial charge in [0.25, 0.3) is 10.2 Å². The van der Waals surface area contributed by atoms with E-state index in [1.807, 2.05) is 54.6 Å². The molecule has 146 valence electrons. The van der Waals surface area contributed by atoms with E-state index >= 15 is 0 Å². The van der Waals surface area contributed by atoms with Crippen molar-refractivity contribution >= 4 is 10.2 Å². The van der Waals surface area contributed by atoms with Crippen LogP contribution in [0.3, 0.4) is 0 Å². The quantitative estimate of drug-likeness (QED) is 0.634. The Labute approximate surface area is 166 Å². The van der Waals surface area contributed by atoms with Crippen molar-refractivity contribution in [2.75, 3.05) is 14.1 Å². The van der Waals surface area contributed by atoms with Crippen molar-refractivity contribution in [1.82, 2.24) is 14.0 Å². The molecule has 0 saturated carbocycles. The van der Waals surface area contributed by atoms with Gasteiger partial charge in [-0.15, -0.1) is 0 Å². The summed E-state index contributed by atoms with van der Waals surface area (Å²) in [6.07, 6.45) is 3.28. The maximum absolute atomic E-state index is 12.4. The largest absolute Gasteiger partial charge is 0.489 e. The average molecular weight is 398 g/mol. The van der Waals surface area contributed by atoms with Crippen LogP contribution in [0.2, 0.25) is 0 Å². The predicted octanol–water partition coefficient (Wildman–Crippen LogP) is 3.15. The van der Waals surface area contributed by atoms with Gasteiger partial charge >= 0.3 is 0 Å². The summed E-state index contributed by atoms with van der Waals surface area (Å²) in [6.45, 7) is 0.473. The monoisotopic (exact) mass is 397 g/mol. The number of aromatic nitrogens is 1. The highest BCUT2D eigenvalue weighted by Crippen LogP contribution is 2.25. The molecule has 3 aromatic rings. The van der Waals surface area contributed by atoms with Crippen molar-refractivity contribution < 1.29 is 13.2 Å². The molecular formula is C21H23N3O3S. The Morgan fingerprint density at radius 3 is 2.14 bits per heavy atom. The number of ether oxygens (including phenoxy) is 1. The van der Waals surface area contributed by atoms with Crippen LogP contribution in [0.1, 0.15) is 22.7 Å². The van der Waals surface area contributed by atoms with E-state index in [0.717, 1.165) is 26.7 Å². The summed E-state index contributed by atoms with van der Waals surface area (Å²) in [7, 11) is -0.633. The zero-order valence-corrected chi connectivity index (χ0v) is 16.6. The summed E-state index contributed by atoms with van der Waals surface area (Å²) in [6, 6.07) is 20.4. The van der Waals surface area contributed by atoms with Crippen molar-refractivity contribution in [3.63, 3.8) is 0 Å². The fourth-order valence-corrected chi connectivity index (χ4v) is 3.42. The molecule has 1 aromatic heterocycles. The van der Waals surface area contributed by atoms with Crippen LogP contribution in [0, 0.1) is 0 Å². The third kappa shape index (κ3) is 5.16. The van der Waals surface area contributed by atoms with E-state index in [9.17, 15) is 8.42 Å². The SMILES string of the molecule is CN(C)S(=O)(=O)NC(c1ccncc1)c1ccc(OCc2ccccc2)cc1. The molecule has 0 aliphatic carbocycles. The highest BCUT2D eigenvalue weighted by Gasteiger charge is 2.23. The zero-order valence-electron chi connectivity index (χ0n) is 15.8. The first-order chi connectivity index (χ1) is 13.5. The minimum atomic E-state index is -3.62. The first kappa shape index (κ1) is 20.0. The molecule has 28 heavy (non-hydrogen) atoms. The third-order valence-electron chi connectivity index (χ3n) is 4.25. The van der Waals surface area contributed by atoms with Gasteiger partial charge in [0.05, 0.1) is 6.04 Å². The van der Waals surface area contributed by atoms with Crippen molar-refractivity contribution in [3.8, 4) is 5.75 Å². The minimum Gasteiger partial charge on any atom is -0.489 e. The summed E-state index contributed by atoms with van der Waals surface area (Å²) >= 11 is 0. The summed E-state index contributed by atoms with van der Waals surface area (Å²) in [5, 5.41) is 0. The number of pyridine rings is 1. The standard InChI is InChI=1S/C21H23N3O3S/c1-24(2)28(25,26)23-21(19-12-14-22-15-13-19)18-8-10-20(11-9-18)27-16-17-6-4-3-5-7-17/h3-15,21,23H,16H2,1-2H3. The van der Waals surface area contributed by atoms with Crippen molar-refractivity contribution in [3.05, 3.63) is 95.8 Å². The summed E-state index contributed by atoms with van der Waals surface area (Å²) < 4.78 is 34.5. The highest BCUT2D eigenvalue weighted by molar-refractivity contribution is 7.87. The lowest BCUT2D eigenvalue weighted by atomic mass is 10.0. The van der Waals surface area contributed by atoms with Gasteiger partial charge in [0.15, 0.2) is 0 Å². The lowest BCUT2D eigenvalue weighted by molar-refractivity contribution is 0.306. The number of nitrogens with zero attached hydrogens (tertiary/aromatic N) is 2. The third-order valence-corrected chi connectivity index (χ3v) is 5.74. The second-order valence-corrected chi connectivity index (χ2v) is 8.38. The predicted molar refractivity (Wildman–Crippen MR) is 109 cm³/mol. The summed E-state index contributed by atoms with van der Waals surface area (Å²) in [5.74, 6) is 0.719. The van der Waals surface area contributed by atoms with Crippen LogP contribution in [-0.2, 0) is 16.8 Å². The van der Waals surface area contributed by atoms with E-state index in [4.69, 9.17) is 4.74 Å². The van der Waals surface area contributed by atoms with Gasteiger partial charge in [0.2, 0.25) is 0 Å². The van der Waals surface area contributed by atoms with Crippen molar-refractivity contribution in [2.24, 2.45) is 0 Å². The van der Waals surface area contributed by atoms with Crippen LogP contribution in [0.15, 0.2) is 79.1 Å². The first-order valence-corrected chi connectivity index (χ1v) is 10.3. The Bertz CT molecular complexity index is 976. The Morgan fingerprint density at radius 2 is 1.54 bits per heavy atom. The topological polar surface area (TPSA) is 71.5 Å². The molecule has 0 aliphatic heterocycles. The van der Waals surface area contributed by atoms with E-state index in [1.165, 1.54) is 14.1 Å². The zero-order chi connectivity index (χ0) is 20.0. The molecule has 7 heteroatoms. The molecule has 1 unspecified atom stereocenters. The smallest absolute Gasteiger partial charge is 0.279 e. The Morgan fingerprint density at radius 1 is 0.929 bits per heavy atom. The van der Waals surface area contributed by atoms with Gasteiger partial charge in [0.1, 0.15) is 12.4 Å². The Hall–Kier alpha value is -2.74. The van der Waals surface area contributed by atoms with Gasteiger partial charge in [-0.1, -0.05) is 42.5 Å². The molecule has 0 fully saturated rings. The minimum absolute atomic E-state index is 0.473. The van der Waals surface area contributed by atoms with Crippen molar-refractivity contribution in [1.29, 1.82) is 0 Å². The summed E-state index contributed by atoms with van der Waals surface area (Å²) in [4.78, 5) is 4.01. The van der Waals surface area contributed by atoms with Crippen LogP contribution >= 0.6 is 0 Å². The fraction of sp³-hybridized carbons (Fsp3) is 0.190. The second kappa shape index (κ2) is 8.97. The molecule has 0 amide bonds. The normalized spacial score (nSPS) is 12.7. The Balaban J connectivity index is 1.80. The molecule has 0 saturated heterocycles. The van der Waals surface area contributed by atoms with Gasteiger partial charge in [0, 0.05) is 26.5 Å².